The van der Waals surface area contributed by atoms with Gasteiger partial charge in [-0.15, -0.1) is 0 Å². The van der Waals surface area contributed by atoms with E-state index in [4.69, 9.17) is 10.5 Å². The lowest BCUT2D eigenvalue weighted by Gasteiger charge is -2.25. The van der Waals surface area contributed by atoms with E-state index in [1.807, 2.05) is 18.7 Å². The van der Waals surface area contributed by atoms with Gasteiger partial charge in [0.1, 0.15) is 5.82 Å². The zero-order valence-corrected chi connectivity index (χ0v) is 12.4. The summed E-state index contributed by atoms with van der Waals surface area (Å²) in [6, 6.07) is 5.07. The van der Waals surface area contributed by atoms with E-state index in [0.29, 0.717) is 18.7 Å². The fourth-order valence-electron chi connectivity index (χ4n) is 1.91. The lowest BCUT2D eigenvalue weighted by atomic mass is 10.1. The van der Waals surface area contributed by atoms with E-state index in [9.17, 15) is 9.18 Å². The van der Waals surface area contributed by atoms with Gasteiger partial charge in [-0.2, -0.15) is 0 Å². The van der Waals surface area contributed by atoms with E-state index in [-0.39, 0.29) is 30.9 Å². The summed E-state index contributed by atoms with van der Waals surface area (Å²) in [5.74, 6) is -0.542. The summed E-state index contributed by atoms with van der Waals surface area (Å²) in [5.41, 5.74) is 6.93. The molecule has 0 saturated carbocycles. The highest BCUT2D eigenvalue weighted by atomic mass is 19.1. The first-order valence-corrected chi connectivity index (χ1v) is 6.85. The number of hydrogen-bond donors (Lipinski definition) is 1. The topological polar surface area (TPSA) is 55.6 Å². The van der Waals surface area contributed by atoms with Gasteiger partial charge in [-0.25, -0.2) is 4.39 Å². The molecule has 0 amide bonds. The van der Waals surface area contributed by atoms with Gasteiger partial charge in [0.05, 0.1) is 13.2 Å². The van der Waals surface area contributed by atoms with Crippen molar-refractivity contribution in [1.29, 1.82) is 0 Å². The summed E-state index contributed by atoms with van der Waals surface area (Å²) < 4.78 is 18.4. The molecule has 0 aliphatic heterocycles. The summed E-state index contributed by atoms with van der Waals surface area (Å²) in [6.07, 6.45) is 0. The fourth-order valence-corrected chi connectivity index (χ4v) is 1.91. The van der Waals surface area contributed by atoms with Gasteiger partial charge in [0, 0.05) is 24.7 Å². The fraction of sp³-hybridized carbons (Fsp3) is 0.533. The van der Waals surface area contributed by atoms with Gasteiger partial charge in [-0.05, 0) is 32.4 Å². The summed E-state index contributed by atoms with van der Waals surface area (Å²) in [6.45, 7) is 7.12. The van der Waals surface area contributed by atoms with Crippen molar-refractivity contribution in [1.82, 2.24) is 4.90 Å². The van der Waals surface area contributed by atoms with Crippen molar-refractivity contribution in [2.24, 2.45) is 5.73 Å². The average Bonchev–Trinajstić information content (AvgIpc) is 2.40. The SMILES string of the molecule is CCOC(=O)CN(Cc1ccc(F)c(CN)c1)C(C)C. The average molecular weight is 282 g/mol. The van der Waals surface area contributed by atoms with Crippen LogP contribution in [0.25, 0.3) is 0 Å². The Labute approximate surface area is 119 Å². The molecule has 2 N–H and O–H groups in total. The third kappa shape index (κ3) is 4.90. The van der Waals surface area contributed by atoms with Crippen molar-refractivity contribution in [2.75, 3.05) is 13.2 Å². The van der Waals surface area contributed by atoms with Gasteiger partial charge >= 0.3 is 5.97 Å². The highest BCUT2D eigenvalue weighted by molar-refractivity contribution is 5.71. The monoisotopic (exact) mass is 282 g/mol. The van der Waals surface area contributed by atoms with Crippen molar-refractivity contribution in [3.05, 3.63) is 35.1 Å². The van der Waals surface area contributed by atoms with Crippen molar-refractivity contribution >= 4 is 5.97 Å². The van der Waals surface area contributed by atoms with Crippen molar-refractivity contribution in [2.45, 2.75) is 39.9 Å². The number of ether oxygens (including phenoxy) is 1. The van der Waals surface area contributed by atoms with Crippen LogP contribution < -0.4 is 5.73 Å². The lowest BCUT2D eigenvalue weighted by Crippen LogP contribution is -2.36. The molecule has 0 spiro atoms. The molecule has 0 bridgehead atoms. The van der Waals surface area contributed by atoms with E-state index in [2.05, 4.69) is 0 Å². The number of carbonyl (C=O) groups is 1. The molecule has 0 unspecified atom stereocenters. The van der Waals surface area contributed by atoms with Crippen LogP contribution in [0.2, 0.25) is 0 Å². The van der Waals surface area contributed by atoms with Gasteiger partial charge in [-0.3, -0.25) is 9.69 Å². The Morgan fingerprint density at radius 1 is 1.45 bits per heavy atom. The third-order valence-electron chi connectivity index (χ3n) is 3.08. The number of nitrogens with two attached hydrogens (primary N) is 1. The predicted molar refractivity (Wildman–Crippen MR) is 76.5 cm³/mol. The number of nitrogens with zero attached hydrogens (tertiary/aromatic N) is 1. The molecular weight excluding hydrogens is 259 g/mol. The molecule has 0 aromatic heterocycles. The number of esters is 1. The maximum atomic E-state index is 13.4. The van der Waals surface area contributed by atoms with Gasteiger partial charge in [-0.1, -0.05) is 12.1 Å². The van der Waals surface area contributed by atoms with Gasteiger partial charge in [0.2, 0.25) is 0 Å². The van der Waals surface area contributed by atoms with Gasteiger partial charge in [0.15, 0.2) is 0 Å². The standard InChI is InChI=1S/C15H23FN2O2/c1-4-20-15(19)10-18(11(2)3)9-12-5-6-14(16)13(7-12)8-17/h5-7,11H,4,8-10,17H2,1-3H3. The first kappa shape index (κ1) is 16.6. The Morgan fingerprint density at radius 3 is 2.70 bits per heavy atom. The zero-order valence-electron chi connectivity index (χ0n) is 12.4. The number of benzene rings is 1. The summed E-state index contributed by atoms with van der Waals surface area (Å²) in [5, 5.41) is 0. The Bertz CT molecular complexity index is 449. The van der Waals surface area contributed by atoms with E-state index in [1.54, 1.807) is 19.1 Å². The van der Waals surface area contributed by atoms with Crippen LogP contribution in [0.1, 0.15) is 31.9 Å². The van der Waals surface area contributed by atoms with Crippen LogP contribution in [0.3, 0.4) is 0 Å². The van der Waals surface area contributed by atoms with Crippen molar-refractivity contribution in [3.63, 3.8) is 0 Å². The Hall–Kier alpha value is -1.46. The minimum atomic E-state index is -0.294. The first-order valence-electron chi connectivity index (χ1n) is 6.85. The highest BCUT2D eigenvalue weighted by Crippen LogP contribution is 2.13. The Balaban J connectivity index is 2.77. The summed E-state index contributed by atoms with van der Waals surface area (Å²) in [7, 11) is 0. The van der Waals surface area contributed by atoms with Crippen LogP contribution in [0.15, 0.2) is 18.2 Å². The minimum Gasteiger partial charge on any atom is -0.465 e. The molecule has 0 saturated heterocycles. The smallest absolute Gasteiger partial charge is 0.320 e. The maximum Gasteiger partial charge on any atom is 0.320 e. The van der Waals surface area contributed by atoms with Crippen molar-refractivity contribution < 1.29 is 13.9 Å². The zero-order chi connectivity index (χ0) is 15.1. The quantitative estimate of drug-likeness (QED) is 0.778. The highest BCUT2D eigenvalue weighted by Gasteiger charge is 2.15. The molecule has 1 rings (SSSR count). The molecule has 0 aliphatic carbocycles. The van der Waals surface area contributed by atoms with Crippen molar-refractivity contribution in [3.8, 4) is 0 Å². The molecule has 0 fully saturated rings. The lowest BCUT2D eigenvalue weighted by molar-refractivity contribution is -0.145. The van der Waals surface area contributed by atoms with E-state index in [1.165, 1.54) is 6.07 Å². The second-order valence-corrected chi connectivity index (χ2v) is 4.93. The second kappa shape index (κ2) is 7.97. The molecule has 1 aromatic rings. The molecule has 0 atom stereocenters. The van der Waals surface area contributed by atoms with Crippen LogP contribution in [0.4, 0.5) is 4.39 Å². The van der Waals surface area contributed by atoms with E-state index in [0.717, 1.165) is 5.56 Å². The van der Waals surface area contributed by atoms with Crippen LogP contribution in [-0.2, 0) is 22.6 Å². The van der Waals surface area contributed by atoms with Crippen LogP contribution >= 0.6 is 0 Å². The molecule has 0 heterocycles. The normalized spacial score (nSPS) is 11.2. The number of halogens is 1. The first-order chi connectivity index (χ1) is 9.47. The molecule has 112 valence electrons. The molecule has 0 radical (unpaired) electrons. The Morgan fingerprint density at radius 2 is 2.15 bits per heavy atom. The molecule has 1 aromatic carbocycles. The third-order valence-corrected chi connectivity index (χ3v) is 3.08. The van der Waals surface area contributed by atoms with E-state index >= 15 is 0 Å². The number of hydrogen-bond acceptors (Lipinski definition) is 4. The predicted octanol–water partition coefficient (Wildman–Crippen LogP) is 2.06. The van der Waals surface area contributed by atoms with Crippen LogP contribution in [-0.4, -0.2) is 30.1 Å². The minimum absolute atomic E-state index is 0.166. The largest absolute Gasteiger partial charge is 0.465 e. The Kier molecular flexibility index (Phi) is 6.61. The van der Waals surface area contributed by atoms with E-state index < -0.39 is 0 Å². The maximum absolute atomic E-state index is 13.4. The summed E-state index contributed by atoms with van der Waals surface area (Å²) >= 11 is 0. The van der Waals surface area contributed by atoms with Gasteiger partial charge < -0.3 is 10.5 Å². The molecule has 5 heteroatoms. The molecule has 0 aliphatic rings. The molecule has 4 nitrogen and oxygen atoms in total. The van der Waals surface area contributed by atoms with Crippen LogP contribution in [0.5, 0.6) is 0 Å². The second-order valence-electron chi connectivity index (χ2n) is 4.93. The molecule has 20 heavy (non-hydrogen) atoms. The molecular formula is C15H23FN2O2. The number of rotatable bonds is 7. The van der Waals surface area contributed by atoms with Crippen LogP contribution in [0, 0.1) is 5.82 Å². The number of carbonyl (C=O) groups excluding carboxylic acids is 1. The summed E-state index contributed by atoms with van der Waals surface area (Å²) in [4.78, 5) is 13.6. The van der Waals surface area contributed by atoms with Gasteiger partial charge in [0.25, 0.3) is 0 Å².